The molecular formula is C13H20N2O3S. The molecule has 0 spiro atoms. The molecule has 0 aliphatic rings. The molecule has 1 aromatic rings. The molecule has 2 atom stereocenters. The first kappa shape index (κ1) is 15.6. The molecule has 0 aliphatic carbocycles. The summed E-state index contributed by atoms with van der Waals surface area (Å²) in [5.41, 5.74) is 0.660. The molecule has 0 bridgehead atoms. The van der Waals surface area contributed by atoms with E-state index in [1.807, 2.05) is 20.8 Å². The molecule has 1 rings (SSSR count). The van der Waals surface area contributed by atoms with E-state index in [1.54, 1.807) is 6.92 Å². The number of amides is 1. The predicted molar refractivity (Wildman–Crippen MR) is 74.6 cm³/mol. The van der Waals surface area contributed by atoms with Crippen LogP contribution in [0, 0.1) is 12.8 Å². The van der Waals surface area contributed by atoms with Gasteiger partial charge in [0, 0.05) is 0 Å². The fourth-order valence-corrected chi connectivity index (χ4v) is 2.61. The van der Waals surface area contributed by atoms with Crippen molar-refractivity contribution < 1.29 is 14.7 Å². The van der Waals surface area contributed by atoms with Gasteiger partial charge < -0.3 is 10.4 Å². The van der Waals surface area contributed by atoms with Crippen LogP contribution >= 0.6 is 11.3 Å². The number of hydrogen-bond donors (Lipinski definition) is 2. The van der Waals surface area contributed by atoms with Gasteiger partial charge in [0.1, 0.15) is 10.9 Å². The van der Waals surface area contributed by atoms with E-state index in [0.717, 1.165) is 11.4 Å². The maximum atomic E-state index is 12.1. The van der Waals surface area contributed by atoms with Gasteiger partial charge in [-0.1, -0.05) is 27.2 Å². The van der Waals surface area contributed by atoms with Crippen molar-refractivity contribution in [3.63, 3.8) is 0 Å². The summed E-state index contributed by atoms with van der Waals surface area (Å²) in [5.74, 6) is -1.46. The van der Waals surface area contributed by atoms with Gasteiger partial charge in [-0.2, -0.15) is 0 Å². The zero-order valence-corrected chi connectivity index (χ0v) is 12.5. The van der Waals surface area contributed by atoms with E-state index in [4.69, 9.17) is 5.11 Å². The van der Waals surface area contributed by atoms with Gasteiger partial charge in [0.25, 0.3) is 5.91 Å². The lowest BCUT2D eigenvalue weighted by atomic mass is 9.99. The van der Waals surface area contributed by atoms with Crippen LogP contribution in [0.5, 0.6) is 0 Å². The summed E-state index contributed by atoms with van der Waals surface area (Å²) in [7, 11) is 0. The molecule has 6 heteroatoms. The predicted octanol–water partition coefficient (Wildman–Crippen LogP) is 2.24. The quantitative estimate of drug-likeness (QED) is 0.839. The molecule has 0 aromatic carbocycles. The summed E-state index contributed by atoms with van der Waals surface area (Å²) in [6.07, 6.45) is 1.46. The van der Waals surface area contributed by atoms with Crippen LogP contribution in [0.3, 0.4) is 0 Å². The van der Waals surface area contributed by atoms with Crippen LogP contribution in [0.15, 0.2) is 0 Å². The molecule has 1 heterocycles. The Bertz CT molecular complexity index is 470. The lowest BCUT2D eigenvalue weighted by Crippen LogP contribution is -2.44. The fourth-order valence-electron chi connectivity index (χ4n) is 1.70. The third-order valence-electron chi connectivity index (χ3n) is 3.12. The zero-order chi connectivity index (χ0) is 14.6. The van der Waals surface area contributed by atoms with Crippen molar-refractivity contribution in [2.75, 3.05) is 0 Å². The smallest absolute Gasteiger partial charge is 0.326 e. The number of rotatable bonds is 6. The minimum Gasteiger partial charge on any atom is -0.480 e. The van der Waals surface area contributed by atoms with Crippen LogP contribution in [-0.4, -0.2) is 28.0 Å². The van der Waals surface area contributed by atoms with Crippen LogP contribution in [0.1, 0.15) is 47.6 Å². The summed E-state index contributed by atoms with van der Waals surface area (Å²) in [5, 5.41) is 12.6. The highest BCUT2D eigenvalue weighted by molar-refractivity contribution is 7.13. The zero-order valence-electron chi connectivity index (χ0n) is 11.7. The molecule has 0 unspecified atom stereocenters. The van der Waals surface area contributed by atoms with Crippen molar-refractivity contribution in [1.29, 1.82) is 0 Å². The number of carboxylic acid groups (broad SMARTS) is 1. The topological polar surface area (TPSA) is 79.3 Å². The molecule has 1 amide bonds. The van der Waals surface area contributed by atoms with Gasteiger partial charge in [0.05, 0.1) is 10.7 Å². The first-order chi connectivity index (χ1) is 8.90. The standard InChI is InChI=1S/C13H20N2O3S/c1-5-7(3)10(13(17)18)15-12(16)11-8(4)14-9(6-2)19-11/h7,10H,5-6H2,1-4H3,(H,15,16)(H,17,18)/t7-,10-/m0/s1. The second-order valence-corrected chi connectivity index (χ2v) is 5.63. The second kappa shape index (κ2) is 6.65. The van der Waals surface area contributed by atoms with Crippen LogP contribution in [0.2, 0.25) is 0 Å². The van der Waals surface area contributed by atoms with Crippen molar-refractivity contribution in [2.45, 2.75) is 46.6 Å². The first-order valence-electron chi connectivity index (χ1n) is 6.40. The molecular weight excluding hydrogens is 264 g/mol. The Morgan fingerprint density at radius 3 is 2.47 bits per heavy atom. The van der Waals surface area contributed by atoms with Gasteiger partial charge in [-0.25, -0.2) is 9.78 Å². The van der Waals surface area contributed by atoms with Crippen LogP contribution in [0.4, 0.5) is 0 Å². The summed E-state index contributed by atoms with van der Waals surface area (Å²) < 4.78 is 0. The highest BCUT2D eigenvalue weighted by Crippen LogP contribution is 2.19. The van der Waals surface area contributed by atoms with Gasteiger partial charge in [-0.15, -0.1) is 11.3 Å². The number of aryl methyl sites for hydroxylation is 2. The molecule has 0 fully saturated rings. The highest BCUT2D eigenvalue weighted by atomic mass is 32.1. The number of carboxylic acids is 1. The Morgan fingerprint density at radius 1 is 1.42 bits per heavy atom. The molecule has 106 valence electrons. The minimum atomic E-state index is -0.999. The number of hydrogen-bond acceptors (Lipinski definition) is 4. The first-order valence-corrected chi connectivity index (χ1v) is 7.22. The summed E-state index contributed by atoms with van der Waals surface area (Å²) >= 11 is 1.32. The van der Waals surface area contributed by atoms with Crippen LogP contribution in [0.25, 0.3) is 0 Å². The minimum absolute atomic E-state index is 0.111. The number of carbonyl (C=O) groups excluding carboxylic acids is 1. The Balaban J connectivity index is 2.87. The van der Waals surface area contributed by atoms with Crippen molar-refractivity contribution in [3.05, 3.63) is 15.6 Å². The molecule has 1 aromatic heterocycles. The Kier molecular flexibility index (Phi) is 5.47. The van der Waals surface area contributed by atoms with Gasteiger partial charge in [-0.3, -0.25) is 4.79 Å². The van der Waals surface area contributed by atoms with Crippen LogP contribution < -0.4 is 5.32 Å². The van der Waals surface area contributed by atoms with Crippen molar-refractivity contribution >= 4 is 23.2 Å². The van der Waals surface area contributed by atoms with Crippen LogP contribution in [-0.2, 0) is 11.2 Å². The molecule has 0 radical (unpaired) electrons. The van der Waals surface area contributed by atoms with Crippen molar-refractivity contribution in [1.82, 2.24) is 10.3 Å². The lowest BCUT2D eigenvalue weighted by molar-refractivity contribution is -0.140. The average Bonchev–Trinajstić information content (AvgIpc) is 2.75. The SMILES string of the molecule is CCc1nc(C)c(C(=O)N[C@H](C(=O)O)[C@@H](C)CC)s1. The molecule has 0 saturated heterocycles. The second-order valence-electron chi connectivity index (χ2n) is 4.55. The molecule has 2 N–H and O–H groups in total. The normalized spacial score (nSPS) is 13.9. The Morgan fingerprint density at radius 2 is 2.05 bits per heavy atom. The third-order valence-corrected chi connectivity index (χ3v) is 4.42. The van der Waals surface area contributed by atoms with E-state index in [9.17, 15) is 9.59 Å². The number of aromatic nitrogens is 1. The molecule has 0 saturated carbocycles. The third kappa shape index (κ3) is 3.76. The van der Waals surface area contributed by atoms with E-state index in [2.05, 4.69) is 10.3 Å². The number of carbonyl (C=O) groups is 2. The largest absolute Gasteiger partial charge is 0.480 e. The number of nitrogens with one attached hydrogen (secondary N) is 1. The average molecular weight is 284 g/mol. The van der Waals surface area contributed by atoms with E-state index in [-0.39, 0.29) is 11.8 Å². The maximum Gasteiger partial charge on any atom is 0.326 e. The van der Waals surface area contributed by atoms with Gasteiger partial charge >= 0.3 is 5.97 Å². The summed E-state index contributed by atoms with van der Waals surface area (Å²) in [4.78, 5) is 28.1. The summed E-state index contributed by atoms with van der Waals surface area (Å²) in [6.45, 7) is 7.46. The number of thiazole rings is 1. The van der Waals surface area contributed by atoms with E-state index in [0.29, 0.717) is 17.0 Å². The van der Waals surface area contributed by atoms with Gasteiger partial charge in [-0.05, 0) is 19.3 Å². The van der Waals surface area contributed by atoms with Crippen molar-refractivity contribution in [2.24, 2.45) is 5.92 Å². The van der Waals surface area contributed by atoms with Crippen molar-refractivity contribution in [3.8, 4) is 0 Å². The molecule has 19 heavy (non-hydrogen) atoms. The number of aliphatic carboxylic acids is 1. The maximum absolute atomic E-state index is 12.1. The van der Waals surface area contributed by atoms with Gasteiger partial charge in [0.15, 0.2) is 0 Å². The van der Waals surface area contributed by atoms with Gasteiger partial charge in [0.2, 0.25) is 0 Å². The number of nitrogens with zero attached hydrogens (tertiary/aromatic N) is 1. The Labute approximate surface area is 117 Å². The summed E-state index contributed by atoms with van der Waals surface area (Å²) in [6, 6.07) is -0.857. The van der Waals surface area contributed by atoms with E-state index in [1.165, 1.54) is 11.3 Å². The highest BCUT2D eigenvalue weighted by Gasteiger charge is 2.27. The monoisotopic (exact) mass is 284 g/mol. The lowest BCUT2D eigenvalue weighted by Gasteiger charge is -2.19. The fraction of sp³-hybridized carbons (Fsp3) is 0.615. The Hall–Kier alpha value is -1.43. The van der Waals surface area contributed by atoms with E-state index >= 15 is 0 Å². The molecule has 5 nitrogen and oxygen atoms in total. The van der Waals surface area contributed by atoms with E-state index < -0.39 is 12.0 Å². The molecule has 0 aliphatic heterocycles.